The van der Waals surface area contributed by atoms with Crippen LogP contribution >= 0.6 is 0 Å². The standard InChI is InChI=1S/C21H21F5N2O4S/c22-13-3-1-12(2-4-13)17-11-20(29,21(24,25)26)6-7-28(17)16-5-8-32-18-10-19(33(27,30)31)15(23)9-14(16)18/h1-4,9-10,16-17,29H,5-8,11H2,(H2-,27,30,31)/p+1/t16-,17+,20+/m1/s1. The van der Waals surface area contributed by atoms with E-state index < -0.39 is 63.6 Å². The molecule has 1 unspecified atom stereocenters. The first-order chi connectivity index (χ1) is 15.3. The first-order valence-electron chi connectivity index (χ1n) is 10.1. The Kier molecular flexibility index (Phi) is 6.02. The van der Waals surface area contributed by atoms with Crippen LogP contribution in [0.1, 0.15) is 42.5 Å². The molecule has 0 amide bonds. The third kappa shape index (κ3) is 4.50. The quantitative estimate of drug-likeness (QED) is 0.442. The van der Waals surface area contributed by atoms with Crippen LogP contribution in [0.4, 0.5) is 22.0 Å². The maximum Gasteiger partial charge on any atom is 0.417 e. The SMILES string of the molecule is N[S+](=O)(O)c1cc2c(cc1F)[C@H](N1CC[C@@](O)(C(F)(F)F)C[C@H]1c1ccc(F)cc1)CCO2. The van der Waals surface area contributed by atoms with Gasteiger partial charge in [-0.15, -0.1) is 5.14 Å². The molecule has 2 aromatic rings. The number of ether oxygens (including phenoxy) is 1. The third-order valence-electron chi connectivity index (χ3n) is 6.28. The topological polar surface area (TPSA) is 96.0 Å². The van der Waals surface area contributed by atoms with Gasteiger partial charge >= 0.3 is 16.6 Å². The van der Waals surface area contributed by atoms with Crippen LogP contribution in [0.25, 0.3) is 0 Å². The fourth-order valence-electron chi connectivity index (χ4n) is 4.57. The number of nitrogens with two attached hydrogens (primary N) is 1. The number of piperidine rings is 1. The Morgan fingerprint density at radius 3 is 2.42 bits per heavy atom. The summed E-state index contributed by atoms with van der Waals surface area (Å²) in [5, 5.41) is 15.6. The number of hydrogen-bond acceptors (Lipinski definition) is 4. The van der Waals surface area contributed by atoms with Crippen molar-refractivity contribution in [1.82, 2.24) is 4.90 Å². The molecule has 0 bridgehead atoms. The second-order valence-corrected chi connectivity index (χ2v) is 9.91. The molecule has 1 saturated heterocycles. The lowest BCUT2D eigenvalue weighted by Gasteiger charge is -2.48. The first-order valence-corrected chi connectivity index (χ1v) is 11.7. The summed E-state index contributed by atoms with van der Waals surface area (Å²) < 4.78 is 95.9. The van der Waals surface area contributed by atoms with E-state index >= 15 is 0 Å². The lowest BCUT2D eigenvalue weighted by Crippen LogP contribution is -2.55. The monoisotopic (exact) mass is 493 g/mol. The van der Waals surface area contributed by atoms with Crippen molar-refractivity contribution < 1.29 is 40.6 Å². The van der Waals surface area contributed by atoms with E-state index in [1.807, 2.05) is 0 Å². The minimum atomic E-state index is -4.87. The fourth-order valence-corrected chi connectivity index (χ4v) is 5.19. The zero-order valence-electron chi connectivity index (χ0n) is 17.2. The smallest absolute Gasteiger partial charge is 0.417 e. The highest BCUT2D eigenvalue weighted by Gasteiger charge is 2.57. The summed E-state index contributed by atoms with van der Waals surface area (Å²) in [6.07, 6.45) is -5.86. The summed E-state index contributed by atoms with van der Waals surface area (Å²) in [5.41, 5.74) is -2.28. The first kappa shape index (κ1) is 24.0. The van der Waals surface area contributed by atoms with Gasteiger partial charge in [0.15, 0.2) is 11.4 Å². The van der Waals surface area contributed by atoms with Gasteiger partial charge in [-0.25, -0.2) is 8.78 Å². The van der Waals surface area contributed by atoms with Crippen molar-refractivity contribution in [1.29, 1.82) is 0 Å². The second kappa shape index (κ2) is 8.27. The van der Waals surface area contributed by atoms with Crippen LogP contribution in [0.5, 0.6) is 5.75 Å². The zero-order chi connectivity index (χ0) is 24.2. The van der Waals surface area contributed by atoms with E-state index in [-0.39, 0.29) is 24.5 Å². The molecule has 2 aromatic carbocycles. The van der Waals surface area contributed by atoms with Crippen molar-refractivity contribution in [2.45, 2.75) is 48.0 Å². The Balaban J connectivity index is 1.77. The lowest BCUT2D eigenvalue weighted by atomic mass is 9.81. The van der Waals surface area contributed by atoms with Crippen LogP contribution < -0.4 is 9.88 Å². The van der Waals surface area contributed by atoms with Crippen molar-refractivity contribution in [3.63, 3.8) is 0 Å². The van der Waals surface area contributed by atoms with Crippen LogP contribution in [-0.4, -0.2) is 39.5 Å². The molecule has 33 heavy (non-hydrogen) atoms. The van der Waals surface area contributed by atoms with E-state index in [1.54, 1.807) is 4.90 Å². The number of aliphatic hydroxyl groups is 1. The van der Waals surface area contributed by atoms with Gasteiger partial charge in [-0.1, -0.05) is 12.1 Å². The van der Waals surface area contributed by atoms with Gasteiger partial charge in [-0.2, -0.15) is 17.7 Å². The Hall–Kier alpha value is -2.12. The highest BCUT2D eigenvalue weighted by molar-refractivity contribution is 7.95. The Morgan fingerprint density at radius 1 is 1.15 bits per heavy atom. The van der Waals surface area contributed by atoms with Crippen molar-refractivity contribution in [2.75, 3.05) is 13.2 Å². The Bertz CT molecular complexity index is 1090. The Morgan fingerprint density at radius 2 is 1.82 bits per heavy atom. The minimum absolute atomic E-state index is 0.101. The summed E-state index contributed by atoms with van der Waals surface area (Å²) in [6, 6.07) is 5.42. The molecule has 0 saturated carbocycles. The Labute approximate surface area is 187 Å². The molecular formula is C21H22F5N2O4S+. The summed E-state index contributed by atoms with van der Waals surface area (Å²) in [6.45, 7) is -0.0602. The normalized spacial score (nSPS) is 28.0. The van der Waals surface area contributed by atoms with E-state index in [4.69, 9.17) is 9.88 Å². The maximum absolute atomic E-state index is 14.6. The van der Waals surface area contributed by atoms with Gasteiger partial charge in [-0.3, -0.25) is 4.90 Å². The van der Waals surface area contributed by atoms with Crippen LogP contribution in [0.3, 0.4) is 0 Å². The molecule has 4 atom stereocenters. The van der Waals surface area contributed by atoms with Crippen molar-refractivity contribution in [3.8, 4) is 5.75 Å². The van der Waals surface area contributed by atoms with E-state index in [1.165, 1.54) is 12.1 Å². The number of rotatable bonds is 3. The van der Waals surface area contributed by atoms with E-state index in [9.17, 15) is 35.8 Å². The molecule has 1 fully saturated rings. The lowest BCUT2D eigenvalue weighted by molar-refractivity contribution is -0.280. The molecular weight excluding hydrogens is 471 g/mol. The molecule has 12 heteroatoms. The number of hydrogen-bond donors (Lipinski definition) is 3. The molecule has 0 aromatic heterocycles. The molecule has 0 radical (unpaired) electrons. The van der Waals surface area contributed by atoms with Gasteiger partial charge in [0.25, 0.3) is 0 Å². The molecule has 2 heterocycles. The van der Waals surface area contributed by atoms with Gasteiger partial charge in [0.2, 0.25) is 4.90 Å². The highest BCUT2D eigenvalue weighted by atomic mass is 32.3. The summed E-state index contributed by atoms with van der Waals surface area (Å²) in [4.78, 5) is 1.06. The number of halogens is 5. The predicted octanol–water partition coefficient (Wildman–Crippen LogP) is 4.12. The average Bonchev–Trinajstić information content (AvgIpc) is 2.72. The molecule has 2 aliphatic rings. The van der Waals surface area contributed by atoms with Gasteiger partial charge in [0.05, 0.1) is 6.61 Å². The number of benzene rings is 2. The van der Waals surface area contributed by atoms with Gasteiger partial charge in [-0.05, 0) is 34.4 Å². The number of likely N-dealkylation sites (tertiary alicyclic amines) is 1. The maximum atomic E-state index is 14.6. The average molecular weight is 493 g/mol. The molecule has 2 aliphatic heterocycles. The van der Waals surface area contributed by atoms with E-state index in [2.05, 4.69) is 0 Å². The molecule has 0 aliphatic carbocycles. The second-order valence-electron chi connectivity index (χ2n) is 8.33. The molecule has 4 N–H and O–H groups in total. The van der Waals surface area contributed by atoms with E-state index in [0.717, 1.165) is 24.3 Å². The van der Waals surface area contributed by atoms with Gasteiger partial charge in [0.1, 0.15) is 11.6 Å². The summed E-state index contributed by atoms with van der Waals surface area (Å²) in [7, 11) is -4.11. The largest absolute Gasteiger partial charge is 0.493 e. The predicted molar refractivity (Wildman–Crippen MR) is 108 cm³/mol. The van der Waals surface area contributed by atoms with Crippen LogP contribution in [0, 0.1) is 11.6 Å². The third-order valence-corrected chi connectivity index (χ3v) is 7.23. The van der Waals surface area contributed by atoms with E-state index in [0.29, 0.717) is 12.0 Å². The molecule has 6 nitrogen and oxygen atoms in total. The highest BCUT2D eigenvalue weighted by Crippen LogP contribution is 2.50. The number of fused-ring (bicyclic) bond motifs is 1. The molecule has 0 spiro atoms. The zero-order valence-corrected chi connectivity index (χ0v) is 18.0. The van der Waals surface area contributed by atoms with Crippen molar-refractivity contribution >= 4 is 10.4 Å². The molecule has 4 rings (SSSR count). The summed E-state index contributed by atoms with van der Waals surface area (Å²) >= 11 is 0. The van der Waals surface area contributed by atoms with Crippen LogP contribution in [0.15, 0.2) is 41.3 Å². The number of nitrogens with zero attached hydrogens (tertiary/aromatic N) is 1. The fraction of sp³-hybridized carbons (Fsp3) is 0.429. The van der Waals surface area contributed by atoms with Crippen LogP contribution in [-0.2, 0) is 14.6 Å². The minimum Gasteiger partial charge on any atom is -0.493 e. The van der Waals surface area contributed by atoms with Gasteiger partial charge in [0, 0.05) is 43.1 Å². The molecule has 180 valence electrons. The number of alkyl halides is 3. The summed E-state index contributed by atoms with van der Waals surface area (Å²) in [5.74, 6) is -1.50. The van der Waals surface area contributed by atoms with Gasteiger partial charge < -0.3 is 9.84 Å². The van der Waals surface area contributed by atoms with Crippen molar-refractivity contribution in [3.05, 3.63) is 59.2 Å². The van der Waals surface area contributed by atoms with Crippen LogP contribution in [0.2, 0.25) is 0 Å². The van der Waals surface area contributed by atoms with Crippen molar-refractivity contribution in [2.24, 2.45) is 5.14 Å².